The van der Waals surface area contributed by atoms with Gasteiger partial charge in [0.15, 0.2) is 0 Å². The Bertz CT molecular complexity index is 776. The first kappa shape index (κ1) is 17.6. The van der Waals surface area contributed by atoms with Crippen LogP contribution in [0.5, 0.6) is 5.75 Å². The van der Waals surface area contributed by atoms with Gasteiger partial charge < -0.3 is 14.7 Å². The third kappa shape index (κ3) is 6.55. The smallest absolute Gasteiger partial charge is 0.344 e. The Balaban J connectivity index is 1.87. The molecule has 122 valence electrons. The van der Waals surface area contributed by atoms with E-state index in [4.69, 9.17) is 9.84 Å². The molecule has 0 heterocycles. The van der Waals surface area contributed by atoms with Crippen molar-refractivity contribution in [3.8, 4) is 17.6 Å². The number of carbonyl (C=O) groups is 1. The van der Waals surface area contributed by atoms with Crippen molar-refractivity contribution in [1.82, 2.24) is 0 Å². The molecule has 2 aromatic carbocycles. The summed E-state index contributed by atoms with van der Waals surface area (Å²) in [7, 11) is 0. The molecule has 2 aromatic rings. The van der Waals surface area contributed by atoms with Crippen LogP contribution in [0.4, 0.5) is 0 Å². The summed E-state index contributed by atoms with van der Waals surface area (Å²) in [6.45, 7) is -0.189. The van der Waals surface area contributed by atoms with Crippen LogP contribution in [-0.2, 0) is 9.63 Å². The Morgan fingerprint density at radius 3 is 2.79 bits per heavy atom. The first-order valence-electron chi connectivity index (χ1n) is 6.98. The number of ether oxygens (including phenoxy) is 1. The lowest BCUT2D eigenvalue weighted by atomic mass is 10.1. The van der Waals surface area contributed by atoms with Crippen LogP contribution < -0.4 is 4.74 Å². The summed E-state index contributed by atoms with van der Waals surface area (Å²) in [5.74, 6) is 5.61. The number of carboxylic acids is 1. The Hall–Kier alpha value is -2.78. The highest BCUT2D eigenvalue weighted by Crippen LogP contribution is 2.15. The minimum atomic E-state index is -1.07. The van der Waals surface area contributed by atoms with E-state index in [9.17, 15) is 4.79 Å². The molecule has 0 aliphatic rings. The monoisotopic (exact) mass is 387 g/mol. The number of oxime groups is 1. The normalized spacial score (nSPS) is 10.0. The van der Waals surface area contributed by atoms with Crippen LogP contribution in [0.15, 0.2) is 58.2 Å². The van der Waals surface area contributed by atoms with Crippen molar-refractivity contribution in [3.05, 3.63) is 64.1 Å². The van der Waals surface area contributed by atoms with Gasteiger partial charge in [0.2, 0.25) is 6.61 Å². The Labute approximate surface area is 148 Å². The maximum absolute atomic E-state index is 10.3. The van der Waals surface area contributed by atoms with E-state index >= 15 is 0 Å². The van der Waals surface area contributed by atoms with Crippen LogP contribution in [0, 0.1) is 11.8 Å². The fourth-order valence-electron chi connectivity index (χ4n) is 1.68. The van der Waals surface area contributed by atoms with Gasteiger partial charge in [0.25, 0.3) is 0 Å². The van der Waals surface area contributed by atoms with Gasteiger partial charge in [-0.05, 0) is 42.0 Å². The largest absolute Gasteiger partial charge is 0.481 e. The molecular formula is C18H14BrNO4. The fraction of sp³-hybridized carbons (Fsp3) is 0.111. The fourth-order valence-corrected chi connectivity index (χ4v) is 1.94. The zero-order valence-electron chi connectivity index (χ0n) is 12.6. The standard InChI is InChI=1S/C18H14BrNO4/c19-16-6-8-17(9-7-16)23-10-2-5-14-3-1-4-15(11-14)12-20-24-13-18(21)22/h1,3-4,6-9,11-12H,10,13H2,(H,21,22). The minimum absolute atomic E-state index is 0.279. The molecule has 5 nitrogen and oxygen atoms in total. The van der Waals surface area contributed by atoms with E-state index in [0.29, 0.717) is 0 Å². The molecule has 0 fully saturated rings. The highest BCUT2D eigenvalue weighted by atomic mass is 79.9. The molecule has 0 saturated heterocycles. The van der Waals surface area contributed by atoms with E-state index in [0.717, 1.165) is 21.3 Å². The number of hydrogen-bond donors (Lipinski definition) is 1. The minimum Gasteiger partial charge on any atom is -0.481 e. The lowest BCUT2D eigenvalue weighted by molar-refractivity contribution is -0.142. The third-order valence-electron chi connectivity index (χ3n) is 2.71. The maximum atomic E-state index is 10.3. The molecule has 6 heteroatoms. The number of rotatable bonds is 6. The molecule has 2 rings (SSSR count). The Morgan fingerprint density at radius 1 is 1.25 bits per heavy atom. The van der Waals surface area contributed by atoms with Gasteiger partial charge >= 0.3 is 5.97 Å². The van der Waals surface area contributed by atoms with E-state index in [-0.39, 0.29) is 6.61 Å². The molecule has 0 atom stereocenters. The predicted molar refractivity (Wildman–Crippen MR) is 94.1 cm³/mol. The van der Waals surface area contributed by atoms with E-state index in [2.05, 4.69) is 37.8 Å². The van der Waals surface area contributed by atoms with Crippen LogP contribution in [-0.4, -0.2) is 30.5 Å². The first-order valence-corrected chi connectivity index (χ1v) is 7.77. The molecule has 0 aliphatic carbocycles. The second-order valence-corrected chi connectivity index (χ2v) is 5.49. The molecule has 0 aliphatic heterocycles. The molecule has 1 N–H and O–H groups in total. The van der Waals surface area contributed by atoms with Gasteiger partial charge in [-0.1, -0.05) is 45.1 Å². The van der Waals surface area contributed by atoms with Crippen molar-refractivity contribution in [3.63, 3.8) is 0 Å². The molecular weight excluding hydrogens is 374 g/mol. The third-order valence-corrected chi connectivity index (χ3v) is 3.24. The number of hydrogen-bond acceptors (Lipinski definition) is 4. The lowest BCUT2D eigenvalue weighted by Gasteiger charge is -2.01. The molecule has 24 heavy (non-hydrogen) atoms. The Kier molecular flexibility index (Phi) is 6.87. The molecule has 0 bridgehead atoms. The summed E-state index contributed by atoms with van der Waals surface area (Å²) in [5, 5.41) is 12.0. The van der Waals surface area contributed by atoms with Crippen molar-refractivity contribution in [2.24, 2.45) is 5.16 Å². The molecule has 0 unspecified atom stereocenters. The summed E-state index contributed by atoms with van der Waals surface area (Å²) >= 11 is 3.36. The first-order chi connectivity index (χ1) is 11.6. The molecule has 0 saturated carbocycles. The SMILES string of the molecule is O=C(O)CON=Cc1cccc(C#CCOc2ccc(Br)cc2)c1. The van der Waals surface area contributed by atoms with Crippen LogP contribution in [0.1, 0.15) is 11.1 Å². The molecule has 0 aromatic heterocycles. The van der Waals surface area contributed by atoms with Crippen LogP contribution in [0.25, 0.3) is 0 Å². The quantitative estimate of drug-likeness (QED) is 0.469. The Morgan fingerprint density at radius 2 is 2.04 bits per heavy atom. The van der Waals surface area contributed by atoms with Crippen LogP contribution in [0.3, 0.4) is 0 Å². The van der Waals surface area contributed by atoms with Crippen LogP contribution in [0.2, 0.25) is 0 Å². The van der Waals surface area contributed by atoms with Gasteiger partial charge in [-0.3, -0.25) is 0 Å². The van der Waals surface area contributed by atoms with E-state index in [1.54, 1.807) is 0 Å². The van der Waals surface area contributed by atoms with Gasteiger partial charge in [0.05, 0.1) is 6.21 Å². The summed E-state index contributed by atoms with van der Waals surface area (Å²) in [6.07, 6.45) is 1.44. The average molecular weight is 388 g/mol. The molecule has 0 amide bonds. The topological polar surface area (TPSA) is 68.1 Å². The number of aliphatic carboxylic acids is 1. The van der Waals surface area contributed by atoms with Crippen molar-refractivity contribution in [2.45, 2.75) is 0 Å². The number of nitrogens with zero attached hydrogens (tertiary/aromatic N) is 1. The number of benzene rings is 2. The molecule has 0 radical (unpaired) electrons. The van der Waals surface area contributed by atoms with Gasteiger partial charge in [-0.25, -0.2) is 4.79 Å². The average Bonchev–Trinajstić information content (AvgIpc) is 2.57. The van der Waals surface area contributed by atoms with Crippen molar-refractivity contribution in [2.75, 3.05) is 13.2 Å². The van der Waals surface area contributed by atoms with Gasteiger partial charge in [-0.15, -0.1) is 0 Å². The van der Waals surface area contributed by atoms with Crippen molar-refractivity contribution in [1.29, 1.82) is 0 Å². The zero-order chi connectivity index (χ0) is 17.2. The summed E-state index contributed by atoms with van der Waals surface area (Å²) in [5.41, 5.74) is 1.57. The van der Waals surface area contributed by atoms with Gasteiger partial charge in [-0.2, -0.15) is 0 Å². The van der Waals surface area contributed by atoms with Crippen molar-refractivity contribution < 1.29 is 19.5 Å². The second-order valence-electron chi connectivity index (χ2n) is 4.57. The highest BCUT2D eigenvalue weighted by molar-refractivity contribution is 9.10. The zero-order valence-corrected chi connectivity index (χ0v) is 14.2. The summed E-state index contributed by atoms with van der Waals surface area (Å²) in [6, 6.07) is 14.9. The maximum Gasteiger partial charge on any atom is 0.344 e. The highest BCUT2D eigenvalue weighted by Gasteiger charge is 1.95. The number of carboxylic acid groups (broad SMARTS) is 1. The van der Waals surface area contributed by atoms with E-state index < -0.39 is 12.6 Å². The van der Waals surface area contributed by atoms with Gasteiger partial charge in [0, 0.05) is 10.0 Å². The number of halogens is 1. The van der Waals surface area contributed by atoms with Crippen molar-refractivity contribution >= 4 is 28.1 Å². The van der Waals surface area contributed by atoms with Crippen LogP contribution >= 0.6 is 15.9 Å². The summed E-state index contributed by atoms with van der Waals surface area (Å²) in [4.78, 5) is 14.9. The van der Waals surface area contributed by atoms with Gasteiger partial charge in [0.1, 0.15) is 12.4 Å². The molecule has 0 spiro atoms. The second kappa shape index (κ2) is 9.38. The predicted octanol–water partition coefficient (Wildman–Crippen LogP) is 3.31. The van der Waals surface area contributed by atoms with E-state index in [1.807, 2.05) is 48.5 Å². The summed E-state index contributed by atoms with van der Waals surface area (Å²) < 4.78 is 6.51. The van der Waals surface area contributed by atoms with E-state index in [1.165, 1.54) is 6.21 Å². The lowest BCUT2D eigenvalue weighted by Crippen LogP contribution is -2.03.